The molecule has 0 bridgehead atoms. The monoisotopic (exact) mass is 486 g/mol. The van der Waals surface area contributed by atoms with Crippen LogP contribution < -0.4 is 24.4 Å². The van der Waals surface area contributed by atoms with E-state index in [0.29, 0.717) is 45.8 Å². The van der Waals surface area contributed by atoms with E-state index in [1.165, 1.54) is 32.6 Å². The summed E-state index contributed by atoms with van der Waals surface area (Å²) >= 11 is 6.38. The Morgan fingerprint density at radius 3 is 2.41 bits per heavy atom. The minimum Gasteiger partial charge on any atom is -0.493 e. The minimum absolute atomic E-state index is 0.186. The predicted molar refractivity (Wildman–Crippen MR) is 128 cm³/mol. The number of carbonyl (C=O) groups excluding carboxylic acids is 1. The van der Waals surface area contributed by atoms with Crippen LogP contribution in [0.15, 0.2) is 59.7 Å². The lowest BCUT2D eigenvalue weighted by Gasteiger charge is -2.13. The SMILES string of the molecule is CCOc1ccc(C(=O)N/N=C/c2cc(Cl)c(OCc3ccc(F)cc3)c(OC)c2)cc1OC. The average Bonchev–Trinajstić information content (AvgIpc) is 2.84. The third kappa shape index (κ3) is 6.39. The molecule has 0 aromatic heterocycles. The first-order chi connectivity index (χ1) is 16.4. The van der Waals surface area contributed by atoms with Crippen LogP contribution in [-0.2, 0) is 6.61 Å². The molecule has 7 nitrogen and oxygen atoms in total. The molecule has 1 amide bonds. The van der Waals surface area contributed by atoms with Crippen molar-refractivity contribution >= 4 is 23.7 Å². The second kappa shape index (κ2) is 11.9. The number of hydrazone groups is 1. The molecule has 3 aromatic rings. The Morgan fingerprint density at radius 2 is 1.74 bits per heavy atom. The quantitative estimate of drug-likeness (QED) is 0.313. The van der Waals surface area contributed by atoms with Gasteiger partial charge in [0.1, 0.15) is 12.4 Å². The molecular formula is C25H24ClFN2O5. The first kappa shape index (κ1) is 24.9. The van der Waals surface area contributed by atoms with Crippen LogP contribution >= 0.6 is 11.6 Å². The molecule has 0 atom stereocenters. The summed E-state index contributed by atoms with van der Waals surface area (Å²) in [6.45, 7) is 2.53. The third-order valence-corrected chi connectivity index (χ3v) is 4.93. The Bertz CT molecular complexity index is 1170. The fourth-order valence-corrected chi connectivity index (χ4v) is 3.28. The smallest absolute Gasteiger partial charge is 0.271 e. The van der Waals surface area contributed by atoms with Gasteiger partial charge in [0.25, 0.3) is 5.91 Å². The summed E-state index contributed by atoms with van der Waals surface area (Å²) in [7, 11) is 2.99. The van der Waals surface area contributed by atoms with Gasteiger partial charge in [0, 0.05) is 5.56 Å². The largest absolute Gasteiger partial charge is 0.493 e. The van der Waals surface area contributed by atoms with Crippen molar-refractivity contribution in [3.63, 3.8) is 0 Å². The molecule has 1 N–H and O–H groups in total. The number of hydrogen-bond donors (Lipinski definition) is 1. The van der Waals surface area contributed by atoms with Gasteiger partial charge in [-0.15, -0.1) is 0 Å². The highest BCUT2D eigenvalue weighted by atomic mass is 35.5. The molecule has 3 rings (SSSR count). The lowest BCUT2D eigenvalue weighted by atomic mass is 10.2. The van der Waals surface area contributed by atoms with E-state index in [1.54, 1.807) is 42.5 Å². The zero-order chi connectivity index (χ0) is 24.5. The van der Waals surface area contributed by atoms with Gasteiger partial charge >= 0.3 is 0 Å². The molecule has 178 valence electrons. The highest BCUT2D eigenvalue weighted by molar-refractivity contribution is 6.32. The minimum atomic E-state index is -0.421. The van der Waals surface area contributed by atoms with Crippen LogP contribution in [-0.4, -0.2) is 32.9 Å². The van der Waals surface area contributed by atoms with Gasteiger partial charge in [0.2, 0.25) is 0 Å². The topological polar surface area (TPSA) is 78.4 Å². The Balaban J connectivity index is 1.68. The van der Waals surface area contributed by atoms with Gasteiger partial charge in [-0.1, -0.05) is 23.7 Å². The first-order valence-electron chi connectivity index (χ1n) is 10.3. The summed E-state index contributed by atoms with van der Waals surface area (Å²) in [5.41, 5.74) is 4.18. The van der Waals surface area contributed by atoms with E-state index in [2.05, 4.69) is 10.5 Å². The Labute approximate surface area is 202 Å². The van der Waals surface area contributed by atoms with Crippen molar-refractivity contribution in [3.05, 3.63) is 82.1 Å². The molecule has 0 saturated heterocycles. The molecular weight excluding hydrogens is 463 g/mol. The van der Waals surface area contributed by atoms with Crippen molar-refractivity contribution in [1.82, 2.24) is 5.43 Å². The van der Waals surface area contributed by atoms with Crippen LogP contribution in [0.25, 0.3) is 0 Å². The number of ether oxygens (including phenoxy) is 4. The number of rotatable bonds is 10. The number of nitrogens with one attached hydrogen (secondary N) is 1. The summed E-state index contributed by atoms with van der Waals surface area (Å²) in [4.78, 5) is 12.4. The maximum absolute atomic E-state index is 13.1. The normalized spacial score (nSPS) is 10.7. The van der Waals surface area contributed by atoms with Crippen molar-refractivity contribution in [2.45, 2.75) is 13.5 Å². The van der Waals surface area contributed by atoms with Crippen molar-refractivity contribution in [1.29, 1.82) is 0 Å². The fourth-order valence-electron chi connectivity index (χ4n) is 3.00. The number of benzene rings is 3. The number of amides is 1. The number of carbonyl (C=O) groups is 1. The van der Waals surface area contributed by atoms with Crippen molar-refractivity contribution in [2.75, 3.05) is 20.8 Å². The van der Waals surface area contributed by atoms with Gasteiger partial charge in [0.05, 0.1) is 32.1 Å². The van der Waals surface area contributed by atoms with Gasteiger partial charge in [0.15, 0.2) is 23.0 Å². The van der Waals surface area contributed by atoms with Crippen LogP contribution in [0.5, 0.6) is 23.0 Å². The molecule has 0 spiro atoms. The zero-order valence-corrected chi connectivity index (χ0v) is 19.7. The van der Waals surface area contributed by atoms with Crippen molar-refractivity contribution in [3.8, 4) is 23.0 Å². The summed E-state index contributed by atoms with van der Waals surface area (Å²) in [5, 5.41) is 4.29. The lowest BCUT2D eigenvalue weighted by molar-refractivity contribution is 0.0954. The van der Waals surface area contributed by atoms with E-state index >= 15 is 0 Å². The molecule has 0 unspecified atom stereocenters. The molecule has 3 aromatic carbocycles. The Hall–Kier alpha value is -3.78. The van der Waals surface area contributed by atoms with Gasteiger partial charge < -0.3 is 18.9 Å². The first-order valence-corrected chi connectivity index (χ1v) is 10.7. The van der Waals surface area contributed by atoms with Crippen LogP contribution in [0.3, 0.4) is 0 Å². The van der Waals surface area contributed by atoms with E-state index in [0.717, 1.165) is 5.56 Å². The zero-order valence-electron chi connectivity index (χ0n) is 18.9. The van der Waals surface area contributed by atoms with Gasteiger partial charge in [-0.2, -0.15) is 5.10 Å². The molecule has 0 aliphatic heterocycles. The fraction of sp³-hybridized carbons (Fsp3) is 0.200. The second-order valence-corrected chi connectivity index (χ2v) is 7.35. The maximum Gasteiger partial charge on any atom is 0.271 e. The van der Waals surface area contributed by atoms with Gasteiger partial charge in [-0.25, -0.2) is 9.82 Å². The number of hydrogen-bond acceptors (Lipinski definition) is 6. The molecule has 0 radical (unpaired) electrons. The Morgan fingerprint density at radius 1 is 1.00 bits per heavy atom. The summed E-state index contributed by atoms with van der Waals surface area (Å²) in [5.74, 6) is 0.987. The molecule has 0 aliphatic carbocycles. The van der Waals surface area contributed by atoms with Crippen LogP contribution in [0.2, 0.25) is 5.02 Å². The average molecular weight is 487 g/mol. The highest BCUT2D eigenvalue weighted by Crippen LogP contribution is 2.36. The Kier molecular flexibility index (Phi) is 8.70. The summed E-state index contributed by atoms with van der Waals surface area (Å²) < 4.78 is 35.0. The number of halogens is 2. The van der Waals surface area contributed by atoms with Crippen LogP contribution in [0.4, 0.5) is 4.39 Å². The molecule has 0 saturated carbocycles. The summed E-state index contributed by atoms with van der Waals surface area (Å²) in [6.07, 6.45) is 1.43. The molecule has 0 fully saturated rings. The van der Waals surface area contributed by atoms with Crippen molar-refractivity contribution in [2.24, 2.45) is 5.10 Å². The number of nitrogens with zero attached hydrogens (tertiary/aromatic N) is 1. The van der Waals surface area contributed by atoms with Gasteiger partial charge in [-0.05, 0) is 60.5 Å². The van der Waals surface area contributed by atoms with E-state index in [4.69, 9.17) is 30.5 Å². The van der Waals surface area contributed by atoms with E-state index < -0.39 is 5.91 Å². The van der Waals surface area contributed by atoms with E-state index in [1.807, 2.05) is 6.92 Å². The third-order valence-electron chi connectivity index (χ3n) is 4.65. The molecule has 34 heavy (non-hydrogen) atoms. The summed E-state index contributed by atoms with van der Waals surface area (Å²) in [6, 6.07) is 14.1. The van der Waals surface area contributed by atoms with E-state index in [9.17, 15) is 9.18 Å². The molecule has 0 aliphatic rings. The second-order valence-electron chi connectivity index (χ2n) is 6.95. The van der Waals surface area contributed by atoms with Crippen LogP contribution in [0, 0.1) is 5.82 Å². The molecule has 0 heterocycles. The standard InChI is InChI=1S/C25H24ClFN2O5/c1-4-33-21-10-7-18(13-22(21)31-2)25(30)29-28-14-17-11-20(26)24(23(12-17)32-3)34-15-16-5-8-19(27)9-6-16/h5-14H,4,15H2,1-3H3,(H,29,30)/b28-14+. The maximum atomic E-state index is 13.1. The number of methoxy groups -OCH3 is 2. The van der Waals surface area contributed by atoms with Gasteiger partial charge in [-0.3, -0.25) is 4.79 Å². The predicted octanol–water partition coefficient (Wildman–Crippen LogP) is 5.24. The molecule has 9 heteroatoms. The highest BCUT2D eigenvalue weighted by Gasteiger charge is 2.13. The van der Waals surface area contributed by atoms with E-state index in [-0.39, 0.29) is 12.4 Å². The lowest BCUT2D eigenvalue weighted by Crippen LogP contribution is -2.17. The van der Waals surface area contributed by atoms with Crippen LogP contribution in [0.1, 0.15) is 28.4 Å². The van der Waals surface area contributed by atoms with Crippen molar-refractivity contribution < 1.29 is 28.1 Å².